The Hall–Kier alpha value is -1.96. The van der Waals surface area contributed by atoms with Crippen LogP contribution in [0.1, 0.15) is 81.2 Å². The van der Waals surface area contributed by atoms with Gasteiger partial charge in [-0.05, 0) is 36.5 Å². The molecule has 0 aromatic carbocycles. The summed E-state index contributed by atoms with van der Waals surface area (Å²) in [4.78, 5) is 45.6. The Bertz CT molecular complexity index is 872. The first-order valence-corrected chi connectivity index (χ1v) is 12.8. The molecule has 1 N–H and O–H groups in total. The summed E-state index contributed by atoms with van der Waals surface area (Å²) in [6, 6.07) is 0. The van der Waals surface area contributed by atoms with Gasteiger partial charge in [0, 0.05) is 56.4 Å². The quantitative estimate of drug-likeness (QED) is 0.633. The number of thiazole rings is 1. The van der Waals surface area contributed by atoms with Crippen LogP contribution in [0.15, 0.2) is 5.38 Å². The van der Waals surface area contributed by atoms with Crippen molar-refractivity contribution < 1.29 is 14.4 Å². The van der Waals surface area contributed by atoms with E-state index in [2.05, 4.69) is 38.0 Å². The standard InChI is InChI=1S/C24H36N4O3S/c1-23(2)19(24(23,3)4)22(31)28-13-8-16(9-14-28)21-26-17(15-32-21)20(30)25-10-6-12-27-11-5-7-18(27)29/h15-16,19H,5-14H2,1-4H3,(H,25,30). The molecule has 0 atom stereocenters. The van der Waals surface area contributed by atoms with Crippen LogP contribution in [0.4, 0.5) is 0 Å². The van der Waals surface area contributed by atoms with E-state index in [0.29, 0.717) is 37.0 Å². The summed E-state index contributed by atoms with van der Waals surface area (Å²) in [5.41, 5.74) is 0.618. The summed E-state index contributed by atoms with van der Waals surface area (Å²) < 4.78 is 0. The van der Waals surface area contributed by atoms with Crippen molar-refractivity contribution in [3.8, 4) is 0 Å². The van der Waals surface area contributed by atoms with Crippen LogP contribution in [0.25, 0.3) is 0 Å². The number of amides is 3. The van der Waals surface area contributed by atoms with Gasteiger partial charge in [-0.1, -0.05) is 27.7 Å². The normalized spacial score (nSPS) is 22.9. The number of nitrogens with zero attached hydrogens (tertiary/aromatic N) is 3. The number of carbonyl (C=O) groups is 3. The van der Waals surface area contributed by atoms with E-state index in [9.17, 15) is 14.4 Å². The number of likely N-dealkylation sites (tertiary alicyclic amines) is 2. The van der Waals surface area contributed by atoms with Crippen LogP contribution in [0.5, 0.6) is 0 Å². The summed E-state index contributed by atoms with van der Waals surface area (Å²) in [5.74, 6) is 0.800. The van der Waals surface area contributed by atoms with Gasteiger partial charge >= 0.3 is 0 Å². The van der Waals surface area contributed by atoms with Crippen molar-refractivity contribution in [2.75, 3.05) is 32.7 Å². The fraction of sp³-hybridized carbons (Fsp3) is 0.750. The lowest BCUT2D eigenvalue weighted by Gasteiger charge is -2.31. The highest BCUT2D eigenvalue weighted by molar-refractivity contribution is 7.09. The van der Waals surface area contributed by atoms with Gasteiger partial charge in [-0.15, -0.1) is 11.3 Å². The Kier molecular flexibility index (Phi) is 6.36. The highest BCUT2D eigenvalue weighted by Gasteiger charge is 2.68. The molecule has 2 aliphatic heterocycles. The molecule has 3 aliphatic rings. The summed E-state index contributed by atoms with van der Waals surface area (Å²) in [7, 11) is 0. The summed E-state index contributed by atoms with van der Waals surface area (Å²) in [6.45, 7) is 12.4. The molecule has 32 heavy (non-hydrogen) atoms. The van der Waals surface area contributed by atoms with Gasteiger partial charge in [0.25, 0.3) is 5.91 Å². The molecule has 7 nitrogen and oxygen atoms in total. The van der Waals surface area contributed by atoms with Crippen molar-refractivity contribution in [2.24, 2.45) is 16.7 Å². The van der Waals surface area contributed by atoms with Crippen LogP contribution in [0.3, 0.4) is 0 Å². The van der Waals surface area contributed by atoms with Crippen molar-refractivity contribution in [3.05, 3.63) is 16.1 Å². The lowest BCUT2D eigenvalue weighted by Crippen LogP contribution is -2.40. The molecule has 4 rings (SSSR count). The average Bonchev–Trinajstić information content (AvgIpc) is 3.23. The Labute approximate surface area is 194 Å². The van der Waals surface area contributed by atoms with Crippen molar-refractivity contribution in [1.29, 1.82) is 0 Å². The van der Waals surface area contributed by atoms with Crippen LogP contribution in [-0.4, -0.2) is 65.2 Å². The second kappa shape index (κ2) is 8.76. The molecule has 1 aliphatic carbocycles. The third-order valence-corrected chi connectivity index (χ3v) is 9.25. The lowest BCUT2D eigenvalue weighted by molar-refractivity contribution is -0.135. The monoisotopic (exact) mass is 460 g/mol. The zero-order valence-electron chi connectivity index (χ0n) is 19.8. The Morgan fingerprint density at radius 3 is 2.44 bits per heavy atom. The maximum absolute atomic E-state index is 13.0. The van der Waals surface area contributed by atoms with E-state index in [1.54, 1.807) is 11.3 Å². The molecular formula is C24H36N4O3S. The number of hydrogen-bond acceptors (Lipinski definition) is 5. The summed E-state index contributed by atoms with van der Waals surface area (Å²) >= 11 is 1.54. The minimum Gasteiger partial charge on any atom is -0.351 e. The van der Waals surface area contributed by atoms with Gasteiger partial charge in [0.05, 0.1) is 5.01 Å². The predicted molar refractivity (Wildman–Crippen MR) is 124 cm³/mol. The molecule has 3 amide bonds. The average molecular weight is 461 g/mol. The van der Waals surface area contributed by atoms with Gasteiger partial charge in [-0.3, -0.25) is 14.4 Å². The van der Waals surface area contributed by atoms with Gasteiger partial charge in [-0.2, -0.15) is 0 Å². The highest BCUT2D eigenvalue weighted by atomic mass is 32.1. The molecule has 3 fully saturated rings. The van der Waals surface area contributed by atoms with Gasteiger partial charge in [0.2, 0.25) is 11.8 Å². The minimum absolute atomic E-state index is 0.0719. The van der Waals surface area contributed by atoms with Crippen LogP contribution in [0, 0.1) is 16.7 Å². The van der Waals surface area contributed by atoms with E-state index in [4.69, 9.17) is 0 Å². The molecule has 2 saturated heterocycles. The number of aromatic nitrogens is 1. The number of rotatable bonds is 7. The molecule has 1 aromatic heterocycles. The number of nitrogens with one attached hydrogen (secondary N) is 1. The largest absolute Gasteiger partial charge is 0.351 e. The van der Waals surface area contributed by atoms with E-state index in [1.165, 1.54) is 0 Å². The van der Waals surface area contributed by atoms with Gasteiger partial charge in [0.1, 0.15) is 5.69 Å². The van der Waals surface area contributed by atoms with E-state index >= 15 is 0 Å². The first kappa shape index (κ1) is 23.2. The van der Waals surface area contributed by atoms with Gasteiger partial charge in [-0.25, -0.2) is 4.98 Å². The molecular weight excluding hydrogens is 424 g/mol. The van der Waals surface area contributed by atoms with Crippen molar-refractivity contribution in [2.45, 2.75) is 65.7 Å². The molecule has 0 unspecified atom stereocenters. The maximum Gasteiger partial charge on any atom is 0.270 e. The van der Waals surface area contributed by atoms with Gasteiger partial charge < -0.3 is 15.1 Å². The maximum atomic E-state index is 13.0. The fourth-order valence-electron chi connectivity index (χ4n) is 5.43. The van der Waals surface area contributed by atoms with Crippen molar-refractivity contribution in [3.63, 3.8) is 0 Å². The number of piperidine rings is 1. The second-order valence-electron chi connectivity index (χ2n) is 10.6. The van der Waals surface area contributed by atoms with E-state index < -0.39 is 0 Å². The minimum atomic E-state index is -0.147. The first-order chi connectivity index (χ1) is 15.1. The molecule has 176 valence electrons. The zero-order valence-corrected chi connectivity index (χ0v) is 20.6. The first-order valence-electron chi connectivity index (χ1n) is 11.9. The topological polar surface area (TPSA) is 82.6 Å². The number of hydrogen-bond donors (Lipinski definition) is 1. The third kappa shape index (κ3) is 4.30. The molecule has 8 heteroatoms. The Morgan fingerprint density at radius 2 is 1.84 bits per heavy atom. The third-order valence-electron chi connectivity index (χ3n) is 8.24. The zero-order chi connectivity index (χ0) is 23.1. The number of carbonyl (C=O) groups excluding carboxylic acids is 3. The lowest BCUT2D eigenvalue weighted by atomic mass is 9.96. The highest BCUT2D eigenvalue weighted by Crippen LogP contribution is 2.68. The van der Waals surface area contributed by atoms with E-state index in [1.807, 2.05) is 15.2 Å². The van der Waals surface area contributed by atoms with E-state index in [-0.39, 0.29) is 28.6 Å². The summed E-state index contributed by atoms with van der Waals surface area (Å²) in [6.07, 6.45) is 4.15. The fourth-order valence-corrected chi connectivity index (χ4v) is 6.40. The molecule has 1 saturated carbocycles. The van der Waals surface area contributed by atoms with Crippen LogP contribution in [0.2, 0.25) is 0 Å². The van der Waals surface area contributed by atoms with Crippen molar-refractivity contribution in [1.82, 2.24) is 20.1 Å². The molecule has 1 aromatic rings. The molecule has 0 bridgehead atoms. The second-order valence-corrected chi connectivity index (χ2v) is 11.5. The van der Waals surface area contributed by atoms with Gasteiger partial charge in [0.15, 0.2) is 0 Å². The van der Waals surface area contributed by atoms with E-state index in [0.717, 1.165) is 50.3 Å². The molecule has 0 radical (unpaired) electrons. The Morgan fingerprint density at radius 1 is 1.16 bits per heavy atom. The smallest absolute Gasteiger partial charge is 0.270 e. The van der Waals surface area contributed by atoms with Crippen LogP contribution < -0.4 is 5.32 Å². The molecule has 3 heterocycles. The SMILES string of the molecule is CC1(C)C(C(=O)N2CCC(c3nc(C(=O)NCCCN4CCCC4=O)cs3)CC2)C1(C)C. The van der Waals surface area contributed by atoms with Crippen molar-refractivity contribution >= 4 is 29.1 Å². The molecule has 0 spiro atoms. The Balaban J connectivity index is 1.22. The van der Waals surface area contributed by atoms with Crippen LogP contribution in [-0.2, 0) is 9.59 Å². The van der Waals surface area contributed by atoms with Crippen LogP contribution >= 0.6 is 11.3 Å². The summed E-state index contributed by atoms with van der Waals surface area (Å²) in [5, 5.41) is 5.76. The predicted octanol–water partition coefficient (Wildman–Crippen LogP) is 3.27.